The summed E-state index contributed by atoms with van der Waals surface area (Å²) in [6.45, 7) is 0. The van der Waals surface area contributed by atoms with Crippen LogP contribution in [0.1, 0.15) is 5.56 Å². The molecule has 0 fully saturated rings. The van der Waals surface area contributed by atoms with Crippen LogP contribution in [0, 0.1) is 5.82 Å². The topological polar surface area (TPSA) is 103 Å². The van der Waals surface area contributed by atoms with Gasteiger partial charge in [-0.1, -0.05) is 24.3 Å². The van der Waals surface area contributed by atoms with Crippen LogP contribution >= 0.6 is 0 Å². The Bertz CT molecular complexity index is 1580. The first-order valence-electron chi connectivity index (χ1n) is 10.7. The lowest BCUT2D eigenvalue weighted by Crippen LogP contribution is -2.04. The monoisotopic (exact) mass is 490 g/mol. The van der Waals surface area contributed by atoms with Crippen molar-refractivity contribution in [3.8, 4) is 22.5 Å². The zero-order valence-corrected chi connectivity index (χ0v) is 18.5. The second kappa shape index (κ2) is 8.81. The molecule has 5 aromatic rings. The Morgan fingerprint density at radius 3 is 2.22 bits per heavy atom. The Hall–Kier alpha value is -4.73. The fourth-order valence-corrected chi connectivity index (χ4v) is 3.79. The van der Waals surface area contributed by atoms with Crippen LogP contribution < -0.4 is 16.8 Å². The van der Waals surface area contributed by atoms with Crippen molar-refractivity contribution in [3.05, 3.63) is 90.2 Å². The molecule has 5 N–H and O–H groups in total. The van der Waals surface area contributed by atoms with Gasteiger partial charge in [0.2, 0.25) is 5.95 Å². The molecule has 10 heteroatoms. The van der Waals surface area contributed by atoms with Crippen LogP contribution in [0.5, 0.6) is 0 Å². The van der Waals surface area contributed by atoms with Crippen LogP contribution in [0.4, 0.5) is 40.7 Å². The number of rotatable bonds is 4. The van der Waals surface area contributed by atoms with Gasteiger partial charge < -0.3 is 16.8 Å². The number of hydrogen-bond acceptors (Lipinski definition) is 6. The first kappa shape index (κ1) is 23.0. The molecule has 5 rings (SSSR count). The summed E-state index contributed by atoms with van der Waals surface area (Å²) in [5.74, 6) is -0.107. The Kier molecular flexibility index (Phi) is 5.63. The van der Waals surface area contributed by atoms with Crippen LogP contribution in [0.25, 0.3) is 33.4 Å². The summed E-state index contributed by atoms with van der Waals surface area (Å²) in [6.07, 6.45) is -4.43. The average molecular weight is 490 g/mol. The average Bonchev–Trinajstić information content (AvgIpc) is 2.84. The maximum Gasteiger partial charge on any atom is 0.416 e. The van der Waals surface area contributed by atoms with Crippen molar-refractivity contribution in [1.82, 2.24) is 15.0 Å². The van der Waals surface area contributed by atoms with E-state index in [4.69, 9.17) is 11.5 Å². The van der Waals surface area contributed by atoms with E-state index in [1.807, 2.05) is 0 Å². The molecule has 0 amide bonds. The van der Waals surface area contributed by atoms with Crippen LogP contribution in [-0.4, -0.2) is 15.0 Å². The van der Waals surface area contributed by atoms with Gasteiger partial charge >= 0.3 is 6.18 Å². The van der Waals surface area contributed by atoms with Crippen molar-refractivity contribution in [1.29, 1.82) is 0 Å². The number of nitrogens with zero attached hydrogens (tertiary/aromatic N) is 3. The number of nitrogens with one attached hydrogen (secondary N) is 1. The van der Waals surface area contributed by atoms with Gasteiger partial charge in [0.1, 0.15) is 11.6 Å². The van der Waals surface area contributed by atoms with Gasteiger partial charge in [0, 0.05) is 34.0 Å². The molecule has 180 valence electrons. The number of anilines is 4. The molecule has 2 aromatic heterocycles. The highest BCUT2D eigenvalue weighted by molar-refractivity contribution is 5.95. The summed E-state index contributed by atoms with van der Waals surface area (Å²) in [5.41, 5.74) is 14.5. The van der Waals surface area contributed by atoms with E-state index in [0.29, 0.717) is 50.6 Å². The molecule has 0 aliphatic heterocycles. The predicted molar refractivity (Wildman–Crippen MR) is 132 cm³/mol. The van der Waals surface area contributed by atoms with E-state index in [2.05, 4.69) is 20.3 Å². The molecule has 0 unspecified atom stereocenters. The van der Waals surface area contributed by atoms with Crippen molar-refractivity contribution < 1.29 is 17.6 Å². The van der Waals surface area contributed by atoms with Gasteiger partial charge in [0.25, 0.3) is 0 Å². The highest BCUT2D eigenvalue weighted by Crippen LogP contribution is 2.33. The SMILES string of the molecule is Nc1nc(Nc2ccc3nc(-c4ccccc4F)cc(N)c3c2)cc(-c2ccc(C(F)(F)F)cc2)n1. The molecule has 0 saturated carbocycles. The summed E-state index contributed by atoms with van der Waals surface area (Å²) in [7, 11) is 0. The van der Waals surface area contributed by atoms with Gasteiger partial charge in [-0.05, 0) is 48.5 Å². The maximum absolute atomic E-state index is 14.2. The first-order valence-corrected chi connectivity index (χ1v) is 10.7. The predicted octanol–water partition coefficient (Wildman–Crippen LogP) is 6.42. The van der Waals surface area contributed by atoms with Crippen molar-refractivity contribution in [2.75, 3.05) is 16.8 Å². The molecule has 36 heavy (non-hydrogen) atoms. The number of benzene rings is 3. The number of nitrogens with two attached hydrogens (primary N) is 2. The molecule has 0 aliphatic rings. The maximum atomic E-state index is 14.2. The molecule has 3 aromatic carbocycles. The minimum atomic E-state index is -4.43. The van der Waals surface area contributed by atoms with E-state index in [1.165, 1.54) is 18.2 Å². The molecule has 0 atom stereocenters. The van der Waals surface area contributed by atoms with E-state index in [0.717, 1.165) is 12.1 Å². The third-order valence-corrected chi connectivity index (χ3v) is 5.51. The Morgan fingerprint density at radius 2 is 1.50 bits per heavy atom. The van der Waals surface area contributed by atoms with Crippen molar-refractivity contribution in [3.63, 3.8) is 0 Å². The lowest BCUT2D eigenvalue weighted by atomic mass is 10.1. The highest BCUT2D eigenvalue weighted by Gasteiger charge is 2.30. The number of fused-ring (bicyclic) bond motifs is 1. The molecule has 0 spiro atoms. The normalized spacial score (nSPS) is 11.6. The summed E-state index contributed by atoms with van der Waals surface area (Å²) < 4.78 is 52.8. The Morgan fingerprint density at radius 1 is 0.750 bits per heavy atom. The standard InChI is InChI=1S/C26H18F4N6/c27-19-4-2-1-3-17(19)23-12-20(31)18-11-16(9-10-21(18)34-23)33-24-13-22(35-25(32)36-24)14-5-7-15(8-6-14)26(28,29)30/h1-13H,(H2,31,34)(H3,32,33,35,36). The second-order valence-corrected chi connectivity index (χ2v) is 8.01. The third kappa shape index (κ3) is 4.61. The van der Waals surface area contributed by atoms with E-state index < -0.39 is 17.6 Å². The molecule has 0 aliphatic carbocycles. The van der Waals surface area contributed by atoms with Gasteiger partial charge in [0.15, 0.2) is 0 Å². The van der Waals surface area contributed by atoms with Gasteiger partial charge in [0.05, 0.1) is 22.5 Å². The number of nitrogen functional groups attached to an aromatic ring is 2. The summed E-state index contributed by atoms with van der Waals surface area (Å²) in [5, 5.41) is 3.75. The van der Waals surface area contributed by atoms with Crippen molar-refractivity contribution in [2.24, 2.45) is 0 Å². The number of aromatic nitrogens is 3. The zero-order valence-electron chi connectivity index (χ0n) is 18.5. The van der Waals surface area contributed by atoms with E-state index in [-0.39, 0.29) is 5.95 Å². The van der Waals surface area contributed by atoms with Crippen LogP contribution in [0.3, 0.4) is 0 Å². The van der Waals surface area contributed by atoms with E-state index >= 15 is 0 Å². The zero-order chi connectivity index (χ0) is 25.4. The third-order valence-electron chi connectivity index (χ3n) is 5.51. The van der Waals surface area contributed by atoms with E-state index in [1.54, 1.807) is 48.5 Å². The Labute approximate surface area is 202 Å². The number of alkyl halides is 3. The van der Waals surface area contributed by atoms with Crippen LogP contribution in [-0.2, 0) is 6.18 Å². The van der Waals surface area contributed by atoms with Gasteiger partial charge in [-0.15, -0.1) is 0 Å². The van der Waals surface area contributed by atoms with Gasteiger partial charge in [-0.25, -0.2) is 14.4 Å². The van der Waals surface area contributed by atoms with Crippen molar-refractivity contribution in [2.45, 2.75) is 6.18 Å². The van der Waals surface area contributed by atoms with Crippen LogP contribution in [0.15, 0.2) is 78.9 Å². The largest absolute Gasteiger partial charge is 0.416 e. The molecular formula is C26H18F4N6. The van der Waals surface area contributed by atoms with Gasteiger partial charge in [-0.2, -0.15) is 18.2 Å². The van der Waals surface area contributed by atoms with Crippen molar-refractivity contribution >= 4 is 34.0 Å². The lowest BCUT2D eigenvalue weighted by molar-refractivity contribution is -0.137. The smallest absolute Gasteiger partial charge is 0.398 e. The molecule has 0 bridgehead atoms. The number of halogens is 4. The Balaban J connectivity index is 1.45. The molecule has 0 saturated heterocycles. The molecular weight excluding hydrogens is 472 g/mol. The molecule has 2 heterocycles. The summed E-state index contributed by atoms with van der Waals surface area (Å²) >= 11 is 0. The summed E-state index contributed by atoms with van der Waals surface area (Å²) in [6, 6.07) is 19.3. The fraction of sp³-hybridized carbons (Fsp3) is 0.0385. The van der Waals surface area contributed by atoms with Gasteiger partial charge in [-0.3, -0.25) is 0 Å². The van der Waals surface area contributed by atoms with Crippen LogP contribution in [0.2, 0.25) is 0 Å². The molecule has 0 radical (unpaired) electrons. The highest BCUT2D eigenvalue weighted by atomic mass is 19.4. The van der Waals surface area contributed by atoms with E-state index in [9.17, 15) is 17.6 Å². The molecule has 6 nitrogen and oxygen atoms in total. The lowest BCUT2D eigenvalue weighted by Gasteiger charge is -2.12. The minimum Gasteiger partial charge on any atom is -0.398 e. The fourth-order valence-electron chi connectivity index (χ4n) is 3.79. The number of pyridine rings is 1. The summed E-state index contributed by atoms with van der Waals surface area (Å²) in [4.78, 5) is 12.8. The second-order valence-electron chi connectivity index (χ2n) is 8.01. The quantitative estimate of drug-likeness (QED) is 0.251. The minimum absolute atomic E-state index is 0.0496. The first-order chi connectivity index (χ1) is 17.2. The number of hydrogen-bond donors (Lipinski definition) is 3.